The van der Waals surface area contributed by atoms with Gasteiger partial charge in [0.2, 0.25) is 5.91 Å². The van der Waals surface area contributed by atoms with Crippen LogP contribution in [0.15, 0.2) is 18.2 Å². The number of benzene rings is 1. The summed E-state index contributed by atoms with van der Waals surface area (Å²) >= 11 is 0. The highest BCUT2D eigenvalue weighted by Gasteiger charge is 2.15. The van der Waals surface area contributed by atoms with Gasteiger partial charge in [0.1, 0.15) is 11.6 Å². The molecule has 0 saturated heterocycles. The highest BCUT2D eigenvalue weighted by atomic mass is 19.1. The molecule has 1 aromatic carbocycles. The first-order valence-electron chi connectivity index (χ1n) is 5.23. The summed E-state index contributed by atoms with van der Waals surface area (Å²) in [6.07, 6.45) is 0.909. The normalized spacial score (nSPS) is 12.2. The number of amides is 1. The molecule has 0 radical (unpaired) electrons. The van der Waals surface area contributed by atoms with Crippen molar-refractivity contribution in [2.24, 2.45) is 0 Å². The van der Waals surface area contributed by atoms with Crippen molar-refractivity contribution in [2.45, 2.75) is 25.7 Å². The van der Waals surface area contributed by atoms with Crippen LogP contribution >= 0.6 is 0 Å². The van der Waals surface area contributed by atoms with E-state index in [4.69, 9.17) is 0 Å². The average molecular weight is 227 g/mol. The van der Waals surface area contributed by atoms with E-state index in [0.717, 1.165) is 6.07 Å². The molecule has 16 heavy (non-hydrogen) atoms. The van der Waals surface area contributed by atoms with Crippen molar-refractivity contribution in [2.75, 3.05) is 7.05 Å². The zero-order valence-corrected chi connectivity index (χ0v) is 9.39. The number of nitrogens with one attached hydrogen (secondary N) is 1. The summed E-state index contributed by atoms with van der Waals surface area (Å²) in [6.45, 7) is 1.89. The molecule has 0 heterocycles. The summed E-state index contributed by atoms with van der Waals surface area (Å²) in [5, 5.41) is 2.50. The number of carbonyl (C=O) groups is 1. The molecule has 1 aromatic rings. The molecule has 1 rings (SSSR count). The summed E-state index contributed by atoms with van der Waals surface area (Å²) in [4.78, 5) is 11.2. The second-order valence-electron chi connectivity index (χ2n) is 3.69. The highest BCUT2D eigenvalue weighted by Crippen LogP contribution is 2.24. The SMILES string of the molecule is CCC(CC(=O)NC)c1cc(F)cc(F)c1. The van der Waals surface area contributed by atoms with Gasteiger partial charge in [-0.2, -0.15) is 0 Å². The van der Waals surface area contributed by atoms with Crippen LogP contribution in [-0.4, -0.2) is 13.0 Å². The summed E-state index contributed by atoms with van der Waals surface area (Å²) in [7, 11) is 1.54. The van der Waals surface area contributed by atoms with Crippen molar-refractivity contribution in [3.8, 4) is 0 Å². The molecule has 1 atom stereocenters. The Balaban J connectivity index is 2.90. The van der Waals surface area contributed by atoms with E-state index in [-0.39, 0.29) is 18.2 Å². The molecule has 0 bridgehead atoms. The van der Waals surface area contributed by atoms with E-state index in [0.29, 0.717) is 12.0 Å². The largest absolute Gasteiger partial charge is 0.359 e. The molecule has 4 heteroatoms. The van der Waals surface area contributed by atoms with Gasteiger partial charge in [0.25, 0.3) is 0 Å². The Morgan fingerprint density at radius 3 is 2.31 bits per heavy atom. The molecular formula is C12H15F2NO. The predicted molar refractivity (Wildman–Crippen MR) is 58.1 cm³/mol. The summed E-state index contributed by atoms with van der Waals surface area (Å²) in [5.74, 6) is -1.49. The average Bonchev–Trinajstić information content (AvgIpc) is 2.24. The lowest BCUT2D eigenvalue weighted by Crippen LogP contribution is -2.20. The Labute approximate surface area is 93.7 Å². The fraction of sp³-hybridized carbons (Fsp3) is 0.417. The molecule has 0 spiro atoms. The summed E-state index contributed by atoms with van der Waals surface area (Å²) in [6, 6.07) is 3.39. The van der Waals surface area contributed by atoms with Crippen molar-refractivity contribution in [3.05, 3.63) is 35.4 Å². The van der Waals surface area contributed by atoms with E-state index in [1.807, 2.05) is 6.92 Å². The van der Waals surface area contributed by atoms with Crippen LogP contribution in [0.3, 0.4) is 0 Å². The maximum absolute atomic E-state index is 13.0. The molecule has 1 amide bonds. The fourth-order valence-corrected chi connectivity index (χ4v) is 1.63. The molecule has 0 saturated carbocycles. The number of hydrogen-bond acceptors (Lipinski definition) is 1. The van der Waals surface area contributed by atoms with E-state index in [1.54, 1.807) is 7.05 Å². The lowest BCUT2D eigenvalue weighted by atomic mass is 9.93. The highest BCUT2D eigenvalue weighted by molar-refractivity contribution is 5.76. The van der Waals surface area contributed by atoms with Crippen LogP contribution in [-0.2, 0) is 4.79 Å². The van der Waals surface area contributed by atoms with Crippen molar-refractivity contribution >= 4 is 5.91 Å². The molecule has 1 N–H and O–H groups in total. The molecule has 1 unspecified atom stereocenters. The lowest BCUT2D eigenvalue weighted by molar-refractivity contribution is -0.121. The molecule has 0 aliphatic rings. The molecule has 0 fully saturated rings. The third-order valence-electron chi connectivity index (χ3n) is 2.56. The van der Waals surface area contributed by atoms with E-state index in [9.17, 15) is 13.6 Å². The zero-order chi connectivity index (χ0) is 12.1. The first-order valence-corrected chi connectivity index (χ1v) is 5.23. The Morgan fingerprint density at radius 2 is 1.88 bits per heavy atom. The van der Waals surface area contributed by atoms with Crippen LogP contribution in [0.5, 0.6) is 0 Å². The van der Waals surface area contributed by atoms with Crippen LogP contribution in [0.2, 0.25) is 0 Å². The van der Waals surface area contributed by atoms with Crippen molar-refractivity contribution in [3.63, 3.8) is 0 Å². The van der Waals surface area contributed by atoms with Crippen LogP contribution in [0.1, 0.15) is 31.2 Å². The number of halogens is 2. The van der Waals surface area contributed by atoms with Crippen LogP contribution in [0, 0.1) is 11.6 Å². The molecule has 0 aliphatic carbocycles. The Bertz CT molecular complexity index is 359. The summed E-state index contributed by atoms with van der Waals surface area (Å²) in [5.41, 5.74) is 0.531. The number of hydrogen-bond donors (Lipinski definition) is 1. The molecular weight excluding hydrogens is 212 g/mol. The third-order valence-corrected chi connectivity index (χ3v) is 2.56. The van der Waals surface area contributed by atoms with Crippen molar-refractivity contribution in [1.82, 2.24) is 5.32 Å². The fourth-order valence-electron chi connectivity index (χ4n) is 1.63. The van der Waals surface area contributed by atoms with Gasteiger partial charge in [-0.1, -0.05) is 6.92 Å². The van der Waals surface area contributed by atoms with Crippen LogP contribution in [0.4, 0.5) is 8.78 Å². The third kappa shape index (κ3) is 3.29. The Kier molecular flexibility index (Phi) is 4.40. The Morgan fingerprint density at radius 1 is 1.31 bits per heavy atom. The van der Waals surface area contributed by atoms with Crippen molar-refractivity contribution in [1.29, 1.82) is 0 Å². The van der Waals surface area contributed by atoms with E-state index >= 15 is 0 Å². The van der Waals surface area contributed by atoms with Gasteiger partial charge in [-0.3, -0.25) is 4.79 Å². The van der Waals surface area contributed by atoms with E-state index in [1.165, 1.54) is 12.1 Å². The molecule has 2 nitrogen and oxygen atoms in total. The maximum atomic E-state index is 13.0. The van der Waals surface area contributed by atoms with Gasteiger partial charge >= 0.3 is 0 Å². The second kappa shape index (κ2) is 5.58. The first-order chi connectivity index (χ1) is 7.56. The molecule has 88 valence electrons. The topological polar surface area (TPSA) is 29.1 Å². The van der Waals surface area contributed by atoms with Gasteiger partial charge in [-0.15, -0.1) is 0 Å². The summed E-state index contributed by atoms with van der Waals surface area (Å²) < 4.78 is 26.0. The van der Waals surface area contributed by atoms with Gasteiger partial charge in [-0.05, 0) is 30.0 Å². The number of rotatable bonds is 4. The van der Waals surface area contributed by atoms with Gasteiger partial charge in [0, 0.05) is 19.5 Å². The van der Waals surface area contributed by atoms with Gasteiger partial charge < -0.3 is 5.32 Å². The zero-order valence-electron chi connectivity index (χ0n) is 9.39. The number of carbonyl (C=O) groups excluding carboxylic acids is 1. The minimum atomic E-state index is -0.606. The standard InChI is InChI=1S/C12H15F2NO/c1-3-8(6-12(16)15-2)9-4-10(13)7-11(14)5-9/h4-5,7-8H,3,6H2,1-2H3,(H,15,16). The predicted octanol–water partition coefficient (Wildman–Crippen LogP) is 2.59. The van der Waals surface area contributed by atoms with Gasteiger partial charge in [0.15, 0.2) is 0 Å². The second-order valence-corrected chi connectivity index (χ2v) is 3.69. The van der Waals surface area contributed by atoms with Crippen LogP contribution < -0.4 is 5.32 Å². The molecule has 0 aromatic heterocycles. The van der Waals surface area contributed by atoms with Gasteiger partial charge in [0.05, 0.1) is 0 Å². The van der Waals surface area contributed by atoms with E-state index < -0.39 is 11.6 Å². The lowest BCUT2D eigenvalue weighted by Gasteiger charge is -2.14. The minimum Gasteiger partial charge on any atom is -0.359 e. The monoisotopic (exact) mass is 227 g/mol. The van der Waals surface area contributed by atoms with Gasteiger partial charge in [-0.25, -0.2) is 8.78 Å². The quantitative estimate of drug-likeness (QED) is 0.841. The van der Waals surface area contributed by atoms with Crippen molar-refractivity contribution < 1.29 is 13.6 Å². The van der Waals surface area contributed by atoms with E-state index in [2.05, 4.69) is 5.32 Å². The minimum absolute atomic E-state index is 0.128. The molecule has 0 aliphatic heterocycles. The Hall–Kier alpha value is -1.45. The smallest absolute Gasteiger partial charge is 0.220 e. The maximum Gasteiger partial charge on any atom is 0.220 e. The first kappa shape index (κ1) is 12.6. The van der Waals surface area contributed by atoms with Crippen LogP contribution in [0.25, 0.3) is 0 Å².